The summed E-state index contributed by atoms with van der Waals surface area (Å²) in [5.74, 6) is -1.09. The van der Waals surface area contributed by atoms with Gasteiger partial charge in [0, 0.05) is 29.8 Å². The van der Waals surface area contributed by atoms with Gasteiger partial charge in [0.05, 0.1) is 17.5 Å². The standard InChI is InChI=1S/C27H24N2O4S/c30-26(31)21-11-8-20(9-12-21)18-29-23(15-22(27(32)33)16-24-7-4-14-34-24)17-28-25(29)13-10-19-5-2-1-3-6-19/h1-9,11-12,14-15,17H,10,13,16,18H2,(H,30,31)(H,32,33). The second kappa shape index (κ2) is 10.8. The molecule has 4 aromatic rings. The first-order chi connectivity index (χ1) is 16.5. The van der Waals surface area contributed by atoms with Crippen molar-refractivity contribution < 1.29 is 19.8 Å². The maximum atomic E-state index is 12.0. The molecule has 0 saturated heterocycles. The number of imidazole rings is 1. The second-order valence-corrected chi connectivity index (χ2v) is 8.94. The lowest BCUT2D eigenvalue weighted by Crippen LogP contribution is -2.10. The zero-order valence-electron chi connectivity index (χ0n) is 18.4. The Morgan fingerprint density at radius 2 is 1.68 bits per heavy atom. The summed E-state index contributed by atoms with van der Waals surface area (Å²) in [6.07, 6.45) is 5.24. The molecule has 2 N–H and O–H groups in total. The van der Waals surface area contributed by atoms with E-state index in [0.29, 0.717) is 30.7 Å². The van der Waals surface area contributed by atoms with E-state index >= 15 is 0 Å². The first kappa shape index (κ1) is 23.2. The Bertz CT molecular complexity index is 1290. The van der Waals surface area contributed by atoms with Crippen molar-refractivity contribution in [1.29, 1.82) is 0 Å². The predicted octanol–water partition coefficient (Wildman–Crippen LogP) is 5.19. The Labute approximate surface area is 201 Å². The van der Waals surface area contributed by atoms with Gasteiger partial charge in [0.15, 0.2) is 0 Å². The summed E-state index contributed by atoms with van der Waals surface area (Å²) in [6.45, 7) is 0.460. The molecule has 0 fully saturated rings. The van der Waals surface area contributed by atoms with E-state index in [4.69, 9.17) is 0 Å². The van der Waals surface area contributed by atoms with E-state index in [2.05, 4.69) is 17.1 Å². The number of aryl methyl sites for hydroxylation is 2. The number of thiophene rings is 1. The van der Waals surface area contributed by atoms with Crippen LogP contribution in [0.4, 0.5) is 0 Å². The number of aromatic carboxylic acids is 1. The molecule has 2 heterocycles. The van der Waals surface area contributed by atoms with Crippen molar-refractivity contribution in [3.05, 3.63) is 117 Å². The molecule has 7 heteroatoms. The fourth-order valence-corrected chi connectivity index (χ4v) is 4.46. The highest BCUT2D eigenvalue weighted by Gasteiger charge is 2.15. The zero-order valence-corrected chi connectivity index (χ0v) is 19.2. The van der Waals surface area contributed by atoms with Crippen LogP contribution in [0.5, 0.6) is 0 Å². The molecule has 0 radical (unpaired) electrons. The van der Waals surface area contributed by atoms with E-state index in [1.165, 1.54) is 16.9 Å². The average molecular weight is 473 g/mol. The zero-order chi connectivity index (χ0) is 23.9. The van der Waals surface area contributed by atoms with Crippen LogP contribution in [0.3, 0.4) is 0 Å². The first-order valence-corrected chi connectivity index (χ1v) is 11.7. The number of rotatable bonds is 10. The molecule has 0 saturated carbocycles. The smallest absolute Gasteiger partial charge is 0.335 e. The number of benzene rings is 2. The molecule has 6 nitrogen and oxygen atoms in total. The molecule has 4 rings (SSSR count). The van der Waals surface area contributed by atoms with E-state index in [1.54, 1.807) is 36.5 Å². The molecule has 0 aliphatic rings. The number of carbonyl (C=O) groups is 2. The maximum absolute atomic E-state index is 12.0. The lowest BCUT2D eigenvalue weighted by atomic mass is 10.1. The van der Waals surface area contributed by atoms with Crippen LogP contribution in [0.1, 0.15) is 37.9 Å². The predicted molar refractivity (Wildman–Crippen MR) is 132 cm³/mol. The molecular weight excluding hydrogens is 448 g/mol. The van der Waals surface area contributed by atoms with Gasteiger partial charge in [0.25, 0.3) is 0 Å². The van der Waals surface area contributed by atoms with Crippen LogP contribution < -0.4 is 0 Å². The monoisotopic (exact) mass is 472 g/mol. The number of nitrogens with zero attached hydrogens (tertiary/aromatic N) is 2. The summed E-state index contributed by atoms with van der Waals surface area (Å²) in [7, 11) is 0. The van der Waals surface area contributed by atoms with E-state index in [-0.39, 0.29) is 5.56 Å². The number of aromatic nitrogens is 2. The highest BCUT2D eigenvalue weighted by Crippen LogP contribution is 2.20. The van der Waals surface area contributed by atoms with Gasteiger partial charge in [0.1, 0.15) is 5.82 Å². The van der Waals surface area contributed by atoms with Crippen LogP contribution in [0.2, 0.25) is 0 Å². The largest absolute Gasteiger partial charge is 0.478 e. The summed E-state index contributed by atoms with van der Waals surface area (Å²) in [4.78, 5) is 28.8. The third-order valence-corrected chi connectivity index (χ3v) is 6.41. The lowest BCUT2D eigenvalue weighted by molar-refractivity contribution is -0.132. The van der Waals surface area contributed by atoms with E-state index in [1.807, 2.05) is 40.3 Å². The van der Waals surface area contributed by atoms with Crippen molar-refractivity contribution in [3.8, 4) is 0 Å². The van der Waals surface area contributed by atoms with Crippen LogP contribution in [-0.2, 0) is 30.6 Å². The van der Waals surface area contributed by atoms with Crippen LogP contribution in [0.25, 0.3) is 6.08 Å². The number of carboxylic acids is 2. The molecule has 2 aromatic heterocycles. The van der Waals surface area contributed by atoms with E-state index in [0.717, 1.165) is 22.7 Å². The van der Waals surface area contributed by atoms with Crippen LogP contribution >= 0.6 is 11.3 Å². The molecule has 0 amide bonds. The van der Waals surface area contributed by atoms with Gasteiger partial charge in [-0.15, -0.1) is 11.3 Å². The van der Waals surface area contributed by atoms with Crippen molar-refractivity contribution >= 4 is 29.4 Å². The highest BCUT2D eigenvalue weighted by atomic mass is 32.1. The Morgan fingerprint density at radius 3 is 2.32 bits per heavy atom. The molecule has 0 atom stereocenters. The lowest BCUT2D eigenvalue weighted by Gasteiger charge is -2.12. The molecule has 2 aromatic carbocycles. The normalized spacial score (nSPS) is 11.5. The van der Waals surface area contributed by atoms with Crippen molar-refractivity contribution in [1.82, 2.24) is 9.55 Å². The number of carboxylic acid groups (broad SMARTS) is 2. The molecule has 0 spiro atoms. The third kappa shape index (κ3) is 5.88. The Balaban J connectivity index is 1.66. The minimum Gasteiger partial charge on any atom is -0.478 e. The van der Waals surface area contributed by atoms with Gasteiger partial charge in [-0.1, -0.05) is 48.5 Å². The quantitative estimate of drug-likeness (QED) is 0.310. The second-order valence-electron chi connectivity index (χ2n) is 7.90. The van der Waals surface area contributed by atoms with Crippen LogP contribution in [0, 0.1) is 0 Å². The molecule has 34 heavy (non-hydrogen) atoms. The molecule has 0 unspecified atom stereocenters. The minimum absolute atomic E-state index is 0.225. The minimum atomic E-state index is -0.971. The van der Waals surface area contributed by atoms with Crippen molar-refractivity contribution in [2.24, 2.45) is 0 Å². The summed E-state index contributed by atoms with van der Waals surface area (Å²) in [5.41, 5.74) is 3.33. The van der Waals surface area contributed by atoms with Gasteiger partial charge in [-0.25, -0.2) is 14.6 Å². The molecular formula is C27H24N2O4S. The topological polar surface area (TPSA) is 92.4 Å². The van der Waals surface area contributed by atoms with E-state index in [9.17, 15) is 19.8 Å². The van der Waals surface area contributed by atoms with Gasteiger partial charge in [-0.3, -0.25) is 0 Å². The van der Waals surface area contributed by atoms with Gasteiger partial charge in [0.2, 0.25) is 0 Å². The number of hydrogen-bond donors (Lipinski definition) is 2. The fraction of sp³-hybridized carbons (Fsp3) is 0.148. The van der Waals surface area contributed by atoms with Crippen LogP contribution in [0.15, 0.2) is 83.9 Å². The van der Waals surface area contributed by atoms with E-state index < -0.39 is 11.9 Å². The number of hydrogen-bond acceptors (Lipinski definition) is 4. The molecule has 0 bridgehead atoms. The maximum Gasteiger partial charge on any atom is 0.335 e. The first-order valence-electron chi connectivity index (χ1n) is 10.9. The van der Waals surface area contributed by atoms with Gasteiger partial charge < -0.3 is 14.8 Å². The Morgan fingerprint density at radius 1 is 0.912 bits per heavy atom. The fourth-order valence-electron chi connectivity index (χ4n) is 3.73. The summed E-state index contributed by atoms with van der Waals surface area (Å²) in [5, 5.41) is 20.9. The average Bonchev–Trinajstić information content (AvgIpc) is 3.48. The summed E-state index contributed by atoms with van der Waals surface area (Å²) >= 11 is 1.53. The number of aliphatic carboxylic acids is 1. The molecule has 172 valence electrons. The summed E-state index contributed by atoms with van der Waals surface area (Å²) in [6, 6.07) is 20.7. The Hall–Kier alpha value is -3.97. The van der Waals surface area contributed by atoms with Crippen molar-refractivity contribution in [2.75, 3.05) is 0 Å². The molecule has 0 aliphatic carbocycles. The third-order valence-electron chi connectivity index (χ3n) is 5.53. The van der Waals surface area contributed by atoms with Crippen LogP contribution in [-0.4, -0.2) is 31.7 Å². The SMILES string of the molecule is O=C(O)C(=Cc1cnc(CCc2ccccc2)n1Cc1ccc(C(=O)O)cc1)Cc1cccs1. The van der Waals surface area contributed by atoms with Gasteiger partial charge in [-0.2, -0.15) is 0 Å². The van der Waals surface area contributed by atoms with Gasteiger partial charge >= 0.3 is 11.9 Å². The van der Waals surface area contributed by atoms with Crippen molar-refractivity contribution in [3.63, 3.8) is 0 Å². The summed E-state index contributed by atoms with van der Waals surface area (Å²) < 4.78 is 2.01. The Kier molecular flexibility index (Phi) is 7.34. The highest BCUT2D eigenvalue weighted by molar-refractivity contribution is 7.09. The molecule has 0 aliphatic heterocycles. The van der Waals surface area contributed by atoms with Gasteiger partial charge in [-0.05, 0) is 47.2 Å². The van der Waals surface area contributed by atoms with Crippen molar-refractivity contribution in [2.45, 2.75) is 25.8 Å².